The molecule has 16 heavy (non-hydrogen) atoms. The average Bonchev–Trinajstić information content (AvgIpc) is 2.76. The number of carboxylic acids is 1. The van der Waals surface area contributed by atoms with Crippen LogP contribution in [0.25, 0.3) is 0 Å². The van der Waals surface area contributed by atoms with Crippen LogP contribution in [0.1, 0.15) is 11.9 Å². The second kappa shape index (κ2) is 5.28. The summed E-state index contributed by atoms with van der Waals surface area (Å²) in [6.07, 6.45) is -0.236. The maximum Gasteiger partial charge on any atom is 0.313 e. The van der Waals surface area contributed by atoms with E-state index < -0.39 is 5.97 Å². The summed E-state index contributed by atoms with van der Waals surface area (Å²) in [5.41, 5.74) is 0. The van der Waals surface area contributed by atoms with E-state index in [-0.39, 0.29) is 11.9 Å². The number of aliphatic carboxylic acids is 1. The monoisotopic (exact) mass is 245 g/mol. The third-order valence-electron chi connectivity index (χ3n) is 1.93. The molecule has 0 spiro atoms. The van der Waals surface area contributed by atoms with Gasteiger partial charge in [-0.1, -0.05) is 11.8 Å². The van der Waals surface area contributed by atoms with Crippen LogP contribution in [0, 0.1) is 0 Å². The lowest BCUT2D eigenvalue weighted by molar-refractivity contribution is -0.133. The molecule has 0 radical (unpaired) electrons. The van der Waals surface area contributed by atoms with Crippen LogP contribution < -0.4 is 0 Å². The van der Waals surface area contributed by atoms with E-state index in [1.165, 1.54) is 0 Å². The first-order chi connectivity index (χ1) is 7.75. The Morgan fingerprint density at radius 1 is 1.62 bits per heavy atom. The Morgan fingerprint density at radius 2 is 2.50 bits per heavy atom. The van der Waals surface area contributed by atoms with E-state index in [0.29, 0.717) is 30.8 Å². The Hall–Kier alpha value is -1.12. The number of carbonyl (C=O) groups is 1. The van der Waals surface area contributed by atoms with E-state index in [9.17, 15) is 4.79 Å². The summed E-state index contributed by atoms with van der Waals surface area (Å²) >= 11 is 1.06. The second-order valence-corrected chi connectivity index (χ2v) is 4.06. The number of H-pyrrole nitrogens is 1. The minimum absolute atomic E-state index is 0.0562. The van der Waals surface area contributed by atoms with Crippen LogP contribution in [0.3, 0.4) is 0 Å². The van der Waals surface area contributed by atoms with Gasteiger partial charge in [0, 0.05) is 0 Å². The quantitative estimate of drug-likeness (QED) is 0.724. The van der Waals surface area contributed by atoms with E-state index in [1.807, 2.05) is 0 Å². The van der Waals surface area contributed by atoms with Crippen molar-refractivity contribution in [3.8, 4) is 0 Å². The molecule has 2 N–H and O–H groups in total. The second-order valence-electron chi connectivity index (χ2n) is 3.12. The Morgan fingerprint density at radius 3 is 3.19 bits per heavy atom. The third-order valence-corrected chi connectivity index (χ3v) is 2.76. The number of hydrogen-bond acceptors (Lipinski definition) is 6. The van der Waals surface area contributed by atoms with Gasteiger partial charge in [0.1, 0.15) is 6.10 Å². The number of ether oxygens (including phenoxy) is 2. The number of carboxylic acid groups (broad SMARTS) is 1. The lowest BCUT2D eigenvalue weighted by Gasteiger charge is -2.20. The Balaban J connectivity index is 1.93. The molecule has 0 amide bonds. The summed E-state index contributed by atoms with van der Waals surface area (Å²) in [5, 5.41) is 15.5. The molecule has 1 aromatic rings. The molecule has 1 atom stereocenters. The zero-order valence-corrected chi connectivity index (χ0v) is 9.20. The van der Waals surface area contributed by atoms with Crippen LogP contribution in [0.15, 0.2) is 5.16 Å². The number of thioether (sulfide) groups is 1. The average molecular weight is 245 g/mol. The molecule has 1 unspecified atom stereocenters. The van der Waals surface area contributed by atoms with Crippen molar-refractivity contribution in [1.82, 2.24) is 15.2 Å². The van der Waals surface area contributed by atoms with Crippen LogP contribution in [0.5, 0.6) is 0 Å². The summed E-state index contributed by atoms with van der Waals surface area (Å²) in [7, 11) is 0. The van der Waals surface area contributed by atoms with E-state index >= 15 is 0 Å². The van der Waals surface area contributed by atoms with Gasteiger partial charge in [0.25, 0.3) is 0 Å². The lowest BCUT2D eigenvalue weighted by Crippen LogP contribution is -2.22. The molecule has 1 aromatic heterocycles. The fourth-order valence-electron chi connectivity index (χ4n) is 1.24. The van der Waals surface area contributed by atoms with Gasteiger partial charge in [0.15, 0.2) is 5.82 Å². The highest BCUT2D eigenvalue weighted by molar-refractivity contribution is 7.99. The van der Waals surface area contributed by atoms with Crippen molar-refractivity contribution in [2.24, 2.45) is 0 Å². The summed E-state index contributed by atoms with van der Waals surface area (Å²) in [5.74, 6) is -0.375. The maximum atomic E-state index is 10.3. The largest absolute Gasteiger partial charge is 0.481 e. The Bertz CT molecular complexity index is 364. The van der Waals surface area contributed by atoms with Crippen molar-refractivity contribution in [2.75, 3.05) is 25.6 Å². The van der Waals surface area contributed by atoms with Gasteiger partial charge in [0.2, 0.25) is 5.16 Å². The number of nitrogens with zero attached hydrogens (tertiary/aromatic N) is 2. The highest BCUT2D eigenvalue weighted by Gasteiger charge is 2.20. The Labute approximate surface area is 95.5 Å². The van der Waals surface area contributed by atoms with Crippen LogP contribution in [0.4, 0.5) is 0 Å². The number of hydrogen-bond donors (Lipinski definition) is 2. The van der Waals surface area contributed by atoms with Gasteiger partial charge in [0.05, 0.1) is 25.6 Å². The van der Waals surface area contributed by atoms with Crippen LogP contribution in [-0.2, 0) is 14.3 Å². The van der Waals surface area contributed by atoms with Crippen molar-refractivity contribution in [3.63, 3.8) is 0 Å². The molecule has 7 nitrogen and oxygen atoms in total. The van der Waals surface area contributed by atoms with Gasteiger partial charge in [-0.25, -0.2) is 4.98 Å². The van der Waals surface area contributed by atoms with E-state index in [0.717, 1.165) is 11.8 Å². The van der Waals surface area contributed by atoms with Gasteiger partial charge < -0.3 is 14.6 Å². The third kappa shape index (κ3) is 2.94. The first kappa shape index (κ1) is 11.4. The smallest absolute Gasteiger partial charge is 0.313 e. The molecule has 1 fully saturated rings. The fourth-order valence-corrected chi connectivity index (χ4v) is 1.76. The Kier molecular flexibility index (Phi) is 3.75. The molecular weight excluding hydrogens is 234 g/mol. The van der Waals surface area contributed by atoms with E-state index in [2.05, 4.69) is 15.2 Å². The summed E-state index contributed by atoms with van der Waals surface area (Å²) in [4.78, 5) is 14.5. The minimum atomic E-state index is -0.895. The molecule has 2 rings (SSSR count). The zero-order chi connectivity index (χ0) is 11.4. The molecule has 8 heteroatoms. The first-order valence-electron chi connectivity index (χ1n) is 4.72. The molecule has 1 aliphatic rings. The van der Waals surface area contributed by atoms with E-state index in [4.69, 9.17) is 14.6 Å². The van der Waals surface area contributed by atoms with Crippen molar-refractivity contribution in [2.45, 2.75) is 11.3 Å². The lowest BCUT2D eigenvalue weighted by atomic mass is 10.3. The predicted octanol–water partition coefficient (Wildman–Crippen LogP) is 0.0693. The van der Waals surface area contributed by atoms with Crippen LogP contribution in [-0.4, -0.2) is 51.8 Å². The number of rotatable bonds is 4. The molecule has 0 bridgehead atoms. The fraction of sp³-hybridized carbons (Fsp3) is 0.625. The van der Waals surface area contributed by atoms with Crippen molar-refractivity contribution in [3.05, 3.63) is 5.82 Å². The molecule has 0 aliphatic carbocycles. The van der Waals surface area contributed by atoms with Gasteiger partial charge in [-0.2, -0.15) is 0 Å². The van der Waals surface area contributed by atoms with Gasteiger partial charge in [-0.15, -0.1) is 5.10 Å². The summed E-state index contributed by atoms with van der Waals surface area (Å²) in [6, 6.07) is 0. The first-order valence-corrected chi connectivity index (χ1v) is 5.70. The van der Waals surface area contributed by atoms with Gasteiger partial charge in [-0.3, -0.25) is 9.89 Å². The van der Waals surface area contributed by atoms with Crippen molar-refractivity contribution in [1.29, 1.82) is 0 Å². The summed E-state index contributed by atoms with van der Waals surface area (Å²) in [6.45, 7) is 1.56. The summed E-state index contributed by atoms with van der Waals surface area (Å²) < 4.78 is 10.6. The standard InChI is InChI=1S/C8H11N3O4S/c12-6(13)4-16-8-9-7(10-11-8)5-3-14-1-2-15-5/h5H,1-4H2,(H,12,13)(H,9,10,11). The maximum absolute atomic E-state index is 10.3. The molecule has 0 saturated carbocycles. The van der Waals surface area contributed by atoms with Crippen LogP contribution >= 0.6 is 11.8 Å². The number of aromatic nitrogens is 3. The van der Waals surface area contributed by atoms with E-state index in [1.54, 1.807) is 0 Å². The molecular formula is C8H11N3O4S. The highest BCUT2D eigenvalue weighted by Crippen LogP contribution is 2.19. The molecule has 2 heterocycles. The van der Waals surface area contributed by atoms with Crippen LogP contribution in [0.2, 0.25) is 0 Å². The molecule has 0 aromatic carbocycles. The van der Waals surface area contributed by atoms with Gasteiger partial charge in [-0.05, 0) is 0 Å². The predicted molar refractivity (Wildman–Crippen MR) is 54.3 cm³/mol. The molecule has 1 aliphatic heterocycles. The topological polar surface area (TPSA) is 97.3 Å². The molecule has 88 valence electrons. The zero-order valence-electron chi connectivity index (χ0n) is 8.38. The minimum Gasteiger partial charge on any atom is -0.481 e. The number of nitrogens with one attached hydrogen (secondary N) is 1. The number of aromatic amines is 1. The molecule has 1 saturated heterocycles. The SMILES string of the molecule is O=C(O)CSc1n[nH]c(C2COCCO2)n1. The normalized spacial score (nSPS) is 20.9. The highest BCUT2D eigenvalue weighted by atomic mass is 32.2. The van der Waals surface area contributed by atoms with Gasteiger partial charge >= 0.3 is 5.97 Å². The van der Waals surface area contributed by atoms with Crippen molar-refractivity contribution < 1.29 is 19.4 Å². The van der Waals surface area contributed by atoms with Crippen molar-refractivity contribution >= 4 is 17.7 Å².